The van der Waals surface area contributed by atoms with Gasteiger partial charge >= 0.3 is 0 Å². The molecule has 1 aromatic heterocycles. The van der Waals surface area contributed by atoms with E-state index < -0.39 is 0 Å². The number of hydrogen-bond donors (Lipinski definition) is 0. The Labute approximate surface area is 157 Å². The van der Waals surface area contributed by atoms with Crippen molar-refractivity contribution in [3.63, 3.8) is 0 Å². The molecule has 2 unspecified atom stereocenters. The Morgan fingerprint density at radius 1 is 1.04 bits per heavy atom. The average molecular weight is 367 g/mol. The lowest BCUT2D eigenvalue weighted by atomic mass is 9.91. The Morgan fingerprint density at radius 3 is 2.31 bits per heavy atom. The van der Waals surface area contributed by atoms with Gasteiger partial charge in [-0.3, -0.25) is 9.69 Å². The number of benzene rings is 2. The highest BCUT2D eigenvalue weighted by Crippen LogP contribution is 2.41. The lowest BCUT2D eigenvalue weighted by molar-refractivity contribution is -0.117. The van der Waals surface area contributed by atoms with E-state index in [0.29, 0.717) is 11.0 Å². The Bertz CT molecular complexity index is 933. The van der Waals surface area contributed by atoms with Crippen molar-refractivity contribution in [1.82, 2.24) is 14.8 Å². The minimum absolute atomic E-state index is 0.0179. The van der Waals surface area contributed by atoms with E-state index in [-0.39, 0.29) is 18.0 Å². The van der Waals surface area contributed by atoms with Crippen LogP contribution in [0.3, 0.4) is 0 Å². The third kappa shape index (κ3) is 2.88. The van der Waals surface area contributed by atoms with Crippen molar-refractivity contribution in [2.24, 2.45) is 0 Å². The summed E-state index contributed by atoms with van der Waals surface area (Å²) in [6.07, 6.45) is 2.23. The predicted octanol–water partition coefficient (Wildman–Crippen LogP) is 4.33. The van der Waals surface area contributed by atoms with Gasteiger partial charge < -0.3 is 0 Å². The Balaban J connectivity index is 1.82. The number of carbonyl (C=O) groups excluding carboxylic acids is 1. The quantitative estimate of drug-likeness (QED) is 0.678. The van der Waals surface area contributed by atoms with E-state index in [1.807, 2.05) is 28.9 Å². The van der Waals surface area contributed by atoms with Gasteiger partial charge in [0.1, 0.15) is 6.33 Å². The Hall–Kier alpha value is -2.66. The van der Waals surface area contributed by atoms with Crippen molar-refractivity contribution in [3.05, 3.63) is 76.6 Å². The van der Waals surface area contributed by atoms with Crippen molar-refractivity contribution in [2.75, 3.05) is 4.90 Å². The summed E-state index contributed by atoms with van der Waals surface area (Å²) in [5.74, 6) is 0.524. The van der Waals surface area contributed by atoms with Crippen LogP contribution >= 0.6 is 11.6 Å². The van der Waals surface area contributed by atoms with Crippen LogP contribution in [-0.4, -0.2) is 20.7 Å². The second kappa shape index (κ2) is 6.57. The number of anilines is 1. The molecule has 4 rings (SSSR count). The molecule has 26 heavy (non-hydrogen) atoms. The number of aryl methyl sites for hydroxylation is 1. The second-order valence-corrected chi connectivity index (χ2v) is 7.06. The number of rotatable bonds is 2. The normalized spacial score (nSPS) is 19.3. The summed E-state index contributed by atoms with van der Waals surface area (Å²) >= 11 is 6.05. The van der Waals surface area contributed by atoms with Gasteiger partial charge in [-0.2, -0.15) is 10.1 Å². The van der Waals surface area contributed by atoms with Gasteiger partial charge in [-0.1, -0.05) is 53.6 Å². The van der Waals surface area contributed by atoms with Crippen molar-refractivity contribution >= 4 is 23.5 Å². The largest absolute Gasteiger partial charge is 0.275 e. The van der Waals surface area contributed by atoms with Crippen molar-refractivity contribution in [1.29, 1.82) is 0 Å². The molecular formula is C20H19ClN4O. The Kier molecular flexibility index (Phi) is 4.24. The molecule has 2 heterocycles. The monoisotopic (exact) mass is 366 g/mol. The molecule has 0 N–H and O–H groups in total. The predicted molar refractivity (Wildman–Crippen MR) is 101 cm³/mol. The summed E-state index contributed by atoms with van der Waals surface area (Å²) < 4.78 is 1.85. The molecule has 0 aliphatic carbocycles. The third-order valence-electron chi connectivity index (χ3n) is 4.88. The SMILES string of the molecule is CC(=O)N1c2ncnn2C(c2ccc(C)cc2)CC1c1ccc(Cl)cc1. The minimum Gasteiger partial charge on any atom is -0.275 e. The van der Waals surface area contributed by atoms with E-state index in [1.165, 1.54) is 11.9 Å². The standard InChI is InChI=1S/C20H19ClN4O/c1-13-3-5-16(6-4-13)19-11-18(15-7-9-17(21)10-8-15)24(14(2)26)20-22-12-23-25(19)20/h3-10,12,18-19H,11H2,1-2H3. The zero-order valence-electron chi connectivity index (χ0n) is 14.6. The first-order valence-electron chi connectivity index (χ1n) is 8.56. The van der Waals surface area contributed by atoms with Crippen molar-refractivity contribution < 1.29 is 4.79 Å². The number of halogens is 1. The number of fused-ring (bicyclic) bond motifs is 1. The molecule has 0 saturated heterocycles. The fraction of sp³-hybridized carbons (Fsp3) is 0.250. The number of amides is 1. The van der Waals surface area contributed by atoms with Crippen molar-refractivity contribution in [2.45, 2.75) is 32.4 Å². The number of aromatic nitrogens is 3. The molecule has 0 spiro atoms. The third-order valence-corrected chi connectivity index (χ3v) is 5.13. The molecule has 5 nitrogen and oxygen atoms in total. The van der Waals surface area contributed by atoms with E-state index >= 15 is 0 Å². The molecular weight excluding hydrogens is 348 g/mol. The van der Waals surface area contributed by atoms with Gasteiger partial charge in [0.15, 0.2) is 0 Å². The van der Waals surface area contributed by atoms with Crippen LogP contribution in [0.1, 0.15) is 42.1 Å². The molecule has 1 amide bonds. The van der Waals surface area contributed by atoms with Crippen LogP contribution in [-0.2, 0) is 4.79 Å². The van der Waals surface area contributed by atoms with Crippen molar-refractivity contribution in [3.8, 4) is 0 Å². The topological polar surface area (TPSA) is 51.0 Å². The van der Waals surface area contributed by atoms with Crippen LogP contribution in [0.15, 0.2) is 54.9 Å². The molecule has 0 bridgehead atoms. The number of carbonyl (C=O) groups is 1. The van der Waals surface area contributed by atoms with Gasteiger partial charge in [0.25, 0.3) is 0 Å². The highest BCUT2D eigenvalue weighted by atomic mass is 35.5. The second-order valence-electron chi connectivity index (χ2n) is 6.62. The molecule has 0 fully saturated rings. The molecule has 132 valence electrons. The molecule has 6 heteroatoms. The lowest BCUT2D eigenvalue weighted by Crippen LogP contribution is -2.41. The summed E-state index contributed by atoms with van der Waals surface area (Å²) in [7, 11) is 0. The molecule has 2 aromatic carbocycles. The Morgan fingerprint density at radius 2 is 1.65 bits per heavy atom. The minimum atomic E-state index is -0.118. The highest BCUT2D eigenvalue weighted by Gasteiger charge is 2.38. The summed E-state index contributed by atoms with van der Waals surface area (Å²) in [4.78, 5) is 18.5. The lowest BCUT2D eigenvalue weighted by Gasteiger charge is -2.38. The molecule has 0 saturated carbocycles. The summed E-state index contributed by atoms with van der Waals surface area (Å²) in [6, 6.07) is 16.0. The molecule has 1 aliphatic heterocycles. The fourth-order valence-corrected chi connectivity index (χ4v) is 3.71. The molecule has 2 atom stereocenters. The summed E-state index contributed by atoms with van der Waals surface area (Å²) in [6.45, 7) is 3.63. The maximum atomic E-state index is 12.4. The van der Waals surface area contributed by atoms with Gasteiger partial charge in [0, 0.05) is 11.9 Å². The van der Waals surface area contributed by atoms with E-state index in [4.69, 9.17) is 11.6 Å². The van der Waals surface area contributed by atoms with Crippen LogP contribution in [0, 0.1) is 6.92 Å². The van der Waals surface area contributed by atoms with Gasteiger partial charge in [0.05, 0.1) is 12.1 Å². The van der Waals surface area contributed by atoms with Gasteiger partial charge in [-0.05, 0) is 36.6 Å². The maximum absolute atomic E-state index is 12.4. The molecule has 3 aromatic rings. The van der Waals surface area contributed by atoms with Crippen LogP contribution in [0.2, 0.25) is 5.02 Å². The van der Waals surface area contributed by atoms with Gasteiger partial charge in [-0.25, -0.2) is 4.68 Å². The van der Waals surface area contributed by atoms with E-state index in [9.17, 15) is 4.79 Å². The van der Waals surface area contributed by atoms with E-state index in [1.54, 1.807) is 11.8 Å². The van der Waals surface area contributed by atoms with Crippen LogP contribution in [0.5, 0.6) is 0 Å². The van der Waals surface area contributed by atoms with Crippen LogP contribution in [0.25, 0.3) is 0 Å². The van der Waals surface area contributed by atoms with E-state index in [2.05, 4.69) is 41.3 Å². The first-order chi connectivity index (χ1) is 12.5. The summed E-state index contributed by atoms with van der Waals surface area (Å²) in [5.41, 5.74) is 3.41. The first kappa shape index (κ1) is 16.8. The average Bonchev–Trinajstić information content (AvgIpc) is 3.11. The smallest absolute Gasteiger partial charge is 0.231 e. The van der Waals surface area contributed by atoms with Crippen LogP contribution in [0.4, 0.5) is 5.95 Å². The first-order valence-corrected chi connectivity index (χ1v) is 8.93. The number of nitrogens with zero attached hydrogens (tertiary/aromatic N) is 4. The zero-order chi connectivity index (χ0) is 18.3. The molecule has 0 radical (unpaired) electrons. The summed E-state index contributed by atoms with van der Waals surface area (Å²) in [5, 5.41) is 5.08. The fourth-order valence-electron chi connectivity index (χ4n) is 3.59. The highest BCUT2D eigenvalue weighted by molar-refractivity contribution is 6.30. The van der Waals surface area contributed by atoms with E-state index in [0.717, 1.165) is 17.5 Å². The van der Waals surface area contributed by atoms with Gasteiger partial charge in [-0.15, -0.1) is 0 Å². The van der Waals surface area contributed by atoms with Gasteiger partial charge in [0.2, 0.25) is 11.9 Å². The molecule has 1 aliphatic rings. The maximum Gasteiger partial charge on any atom is 0.231 e. The zero-order valence-corrected chi connectivity index (χ0v) is 15.4. The number of hydrogen-bond acceptors (Lipinski definition) is 3. The van der Waals surface area contributed by atoms with Crippen LogP contribution < -0.4 is 4.90 Å².